The minimum atomic E-state index is 0.846. The van der Waals surface area contributed by atoms with Crippen LogP contribution in [0.2, 0.25) is 0 Å². The van der Waals surface area contributed by atoms with Crippen LogP contribution < -0.4 is 0 Å². The molecule has 30 heavy (non-hydrogen) atoms. The fourth-order valence-corrected chi connectivity index (χ4v) is 3.84. The minimum absolute atomic E-state index is 0.846. The summed E-state index contributed by atoms with van der Waals surface area (Å²) in [6, 6.07) is 21.0. The van der Waals surface area contributed by atoms with Crippen LogP contribution in [-0.2, 0) is 19.9 Å². The Hall–Kier alpha value is -3.73. The van der Waals surface area contributed by atoms with E-state index < -0.39 is 0 Å². The number of hydrogen-bond acceptors (Lipinski definition) is 3. The van der Waals surface area contributed by atoms with Crippen molar-refractivity contribution >= 4 is 10.9 Å². The number of nitrogens with zero attached hydrogens (tertiary/aromatic N) is 4. The predicted octanol–water partition coefficient (Wildman–Crippen LogP) is 5.12. The second kappa shape index (κ2) is 7.59. The van der Waals surface area contributed by atoms with E-state index in [2.05, 4.69) is 64.5 Å². The Bertz CT molecular complexity index is 1330. The molecule has 148 valence electrons. The number of H-pyrrole nitrogens is 1. The third kappa shape index (κ3) is 3.62. The second-order valence-electron chi connectivity index (χ2n) is 7.68. The summed E-state index contributed by atoms with van der Waals surface area (Å²) in [6.07, 6.45) is 5.56. The lowest BCUT2D eigenvalue weighted by Crippen LogP contribution is -1.94. The Morgan fingerprint density at radius 3 is 2.73 bits per heavy atom. The molecular weight excluding hydrogens is 370 g/mol. The van der Waals surface area contributed by atoms with E-state index in [1.165, 1.54) is 11.1 Å². The molecule has 1 N–H and O–H groups in total. The van der Waals surface area contributed by atoms with Crippen LogP contribution in [0.3, 0.4) is 0 Å². The summed E-state index contributed by atoms with van der Waals surface area (Å²) in [5.74, 6) is 0.971. The van der Waals surface area contributed by atoms with Crippen molar-refractivity contribution in [3.63, 3.8) is 0 Å². The zero-order valence-corrected chi connectivity index (χ0v) is 17.1. The average Bonchev–Trinajstić information content (AvgIpc) is 3.38. The van der Waals surface area contributed by atoms with Gasteiger partial charge < -0.3 is 4.98 Å². The van der Waals surface area contributed by atoms with Crippen molar-refractivity contribution in [3.8, 4) is 22.6 Å². The largest absolute Gasteiger partial charge is 0.340 e. The third-order valence-electron chi connectivity index (χ3n) is 5.33. The van der Waals surface area contributed by atoms with Gasteiger partial charge in [-0.3, -0.25) is 9.67 Å². The summed E-state index contributed by atoms with van der Waals surface area (Å²) in [7, 11) is 1.93. The number of fused-ring (bicyclic) bond motifs is 1. The van der Waals surface area contributed by atoms with Crippen LogP contribution >= 0.6 is 0 Å². The summed E-state index contributed by atoms with van der Waals surface area (Å²) < 4.78 is 1.82. The van der Waals surface area contributed by atoms with Crippen molar-refractivity contribution in [1.29, 1.82) is 0 Å². The molecule has 0 spiro atoms. The highest BCUT2D eigenvalue weighted by Crippen LogP contribution is 2.31. The summed E-state index contributed by atoms with van der Waals surface area (Å²) in [5.41, 5.74) is 7.44. The van der Waals surface area contributed by atoms with Crippen LogP contribution in [0, 0.1) is 6.92 Å². The molecule has 0 saturated heterocycles. The van der Waals surface area contributed by atoms with Gasteiger partial charge in [-0.2, -0.15) is 5.10 Å². The van der Waals surface area contributed by atoms with Gasteiger partial charge in [0.15, 0.2) is 0 Å². The van der Waals surface area contributed by atoms with Crippen LogP contribution in [0.5, 0.6) is 0 Å². The van der Waals surface area contributed by atoms with E-state index >= 15 is 0 Å². The van der Waals surface area contributed by atoms with E-state index in [-0.39, 0.29) is 0 Å². The van der Waals surface area contributed by atoms with Crippen molar-refractivity contribution in [2.45, 2.75) is 19.8 Å². The van der Waals surface area contributed by atoms with Gasteiger partial charge in [-0.1, -0.05) is 42.0 Å². The first-order chi connectivity index (χ1) is 14.7. The quantitative estimate of drug-likeness (QED) is 0.451. The SMILES string of the molecule is Cc1cccc(CCc2nc(-c3ccc4ncccc4c3)c(-c3ccn(C)n3)[nH]2)c1. The molecule has 3 heterocycles. The first kappa shape index (κ1) is 18.3. The molecule has 0 aliphatic rings. The van der Waals surface area contributed by atoms with E-state index in [1.54, 1.807) is 0 Å². The lowest BCUT2D eigenvalue weighted by molar-refractivity contribution is 0.770. The maximum atomic E-state index is 4.99. The molecule has 0 amide bonds. The monoisotopic (exact) mass is 393 g/mol. The van der Waals surface area contributed by atoms with Gasteiger partial charge in [-0.25, -0.2) is 4.98 Å². The number of hydrogen-bond donors (Lipinski definition) is 1. The summed E-state index contributed by atoms with van der Waals surface area (Å²) in [4.78, 5) is 13.0. The molecule has 0 atom stereocenters. The molecule has 0 radical (unpaired) electrons. The van der Waals surface area contributed by atoms with Gasteiger partial charge in [0.25, 0.3) is 0 Å². The molecule has 5 nitrogen and oxygen atoms in total. The molecule has 0 fully saturated rings. The maximum absolute atomic E-state index is 4.99. The number of imidazole rings is 1. The first-order valence-electron chi connectivity index (χ1n) is 10.2. The van der Waals surface area contributed by atoms with Crippen LogP contribution in [0.4, 0.5) is 0 Å². The average molecular weight is 393 g/mol. The van der Waals surface area contributed by atoms with Gasteiger partial charge in [0.05, 0.1) is 16.9 Å². The van der Waals surface area contributed by atoms with Gasteiger partial charge in [-0.15, -0.1) is 0 Å². The Morgan fingerprint density at radius 2 is 1.90 bits per heavy atom. The van der Waals surface area contributed by atoms with Crippen LogP contribution in [0.1, 0.15) is 17.0 Å². The van der Waals surface area contributed by atoms with Gasteiger partial charge in [0.1, 0.15) is 11.5 Å². The molecule has 3 aromatic heterocycles. The van der Waals surface area contributed by atoms with Crippen molar-refractivity contribution in [2.75, 3.05) is 0 Å². The van der Waals surface area contributed by atoms with Gasteiger partial charge in [0, 0.05) is 36.8 Å². The highest BCUT2D eigenvalue weighted by Gasteiger charge is 2.16. The highest BCUT2D eigenvalue weighted by atomic mass is 15.3. The lowest BCUT2D eigenvalue weighted by atomic mass is 10.1. The van der Waals surface area contributed by atoms with E-state index in [4.69, 9.17) is 4.98 Å². The van der Waals surface area contributed by atoms with Crippen molar-refractivity contribution < 1.29 is 0 Å². The van der Waals surface area contributed by atoms with Gasteiger partial charge in [0.2, 0.25) is 0 Å². The third-order valence-corrected chi connectivity index (χ3v) is 5.33. The smallest absolute Gasteiger partial charge is 0.111 e. The minimum Gasteiger partial charge on any atom is -0.340 e. The number of aromatic nitrogens is 5. The Kier molecular flexibility index (Phi) is 4.64. The van der Waals surface area contributed by atoms with Gasteiger partial charge in [-0.05, 0) is 43.2 Å². The molecule has 5 rings (SSSR count). The van der Waals surface area contributed by atoms with E-state index in [0.717, 1.165) is 52.2 Å². The zero-order chi connectivity index (χ0) is 20.5. The zero-order valence-electron chi connectivity index (χ0n) is 17.1. The van der Waals surface area contributed by atoms with Crippen molar-refractivity contribution in [3.05, 3.63) is 90.0 Å². The first-order valence-corrected chi connectivity index (χ1v) is 10.2. The molecule has 0 saturated carbocycles. The standard InChI is InChI=1S/C25H23N5/c1-17-5-3-6-18(15-17)8-11-23-27-24(25(28-23)22-12-14-30(2)29-22)20-9-10-21-19(16-20)7-4-13-26-21/h3-7,9-10,12-16H,8,11H2,1-2H3,(H,27,28). The van der Waals surface area contributed by atoms with E-state index in [1.807, 2.05) is 42.3 Å². The maximum Gasteiger partial charge on any atom is 0.111 e. The number of rotatable bonds is 5. The number of aromatic amines is 1. The Morgan fingerprint density at radius 1 is 0.967 bits per heavy atom. The topological polar surface area (TPSA) is 59.4 Å². The van der Waals surface area contributed by atoms with Crippen LogP contribution in [0.25, 0.3) is 33.5 Å². The number of aryl methyl sites for hydroxylation is 4. The molecule has 0 aliphatic heterocycles. The highest BCUT2D eigenvalue weighted by molar-refractivity contribution is 5.86. The van der Waals surface area contributed by atoms with Crippen molar-refractivity contribution in [2.24, 2.45) is 7.05 Å². The second-order valence-corrected chi connectivity index (χ2v) is 7.68. The molecule has 0 bridgehead atoms. The molecule has 2 aromatic carbocycles. The molecule has 5 aromatic rings. The van der Waals surface area contributed by atoms with Crippen LogP contribution in [-0.4, -0.2) is 24.7 Å². The molecular formula is C25H23N5. The Labute approximate surface area is 175 Å². The summed E-state index contributed by atoms with van der Waals surface area (Å²) >= 11 is 0. The van der Waals surface area contributed by atoms with Crippen LogP contribution in [0.15, 0.2) is 73.1 Å². The summed E-state index contributed by atoms with van der Waals surface area (Å²) in [5, 5.41) is 5.71. The molecule has 0 aliphatic carbocycles. The van der Waals surface area contributed by atoms with E-state index in [9.17, 15) is 0 Å². The molecule has 0 unspecified atom stereocenters. The number of benzene rings is 2. The van der Waals surface area contributed by atoms with E-state index in [0.29, 0.717) is 0 Å². The predicted molar refractivity (Wildman–Crippen MR) is 120 cm³/mol. The number of nitrogens with one attached hydrogen (secondary N) is 1. The Balaban J connectivity index is 1.54. The number of pyridine rings is 1. The van der Waals surface area contributed by atoms with Gasteiger partial charge >= 0.3 is 0 Å². The fourth-order valence-electron chi connectivity index (χ4n) is 3.84. The molecule has 5 heteroatoms. The van der Waals surface area contributed by atoms with Crippen molar-refractivity contribution in [1.82, 2.24) is 24.7 Å². The normalized spacial score (nSPS) is 11.3. The fraction of sp³-hybridized carbons (Fsp3) is 0.160. The lowest BCUT2D eigenvalue weighted by Gasteiger charge is -2.03. The summed E-state index contributed by atoms with van der Waals surface area (Å²) in [6.45, 7) is 2.13.